The molecule has 0 aliphatic heterocycles. The quantitative estimate of drug-likeness (QED) is 0.815. The Morgan fingerprint density at radius 2 is 1.50 bits per heavy atom. The fourth-order valence-corrected chi connectivity index (χ4v) is 1.72. The molecular formula is C15H25N. The number of benzene rings is 1. The van der Waals surface area contributed by atoms with Crippen LogP contribution in [0, 0.1) is 5.41 Å². The summed E-state index contributed by atoms with van der Waals surface area (Å²) in [7, 11) is 0. The maximum Gasteiger partial charge on any atom is 0.00967 e. The second-order valence-corrected chi connectivity index (χ2v) is 6.43. The zero-order chi connectivity index (χ0) is 12.2. The fourth-order valence-electron chi connectivity index (χ4n) is 1.72. The third-order valence-corrected chi connectivity index (χ3v) is 2.62. The summed E-state index contributed by atoms with van der Waals surface area (Å²) in [5.41, 5.74) is 1.92. The van der Waals surface area contributed by atoms with Crippen LogP contribution in [0.3, 0.4) is 0 Å². The van der Waals surface area contributed by atoms with Gasteiger partial charge in [-0.25, -0.2) is 0 Å². The van der Waals surface area contributed by atoms with E-state index in [1.807, 2.05) is 0 Å². The van der Waals surface area contributed by atoms with E-state index in [9.17, 15) is 0 Å². The molecule has 1 N–H and O–H groups in total. The molecule has 0 aliphatic rings. The third kappa shape index (κ3) is 5.32. The van der Waals surface area contributed by atoms with Crippen molar-refractivity contribution in [2.24, 2.45) is 5.41 Å². The summed E-state index contributed by atoms with van der Waals surface area (Å²) < 4.78 is 0. The van der Waals surface area contributed by atoms with Crippen molar-refractivity contribution in [2.75, 3.05) is 6.54 Å². The van der Waals surface area contributed by atoms with E-state index in [0.717, 1.165) is 13.0 Å². The molecule has 1 aromatic rings. The predicted molar refractivity (Wildman–Crippen MR) is 71.7 cm³/mol. The van der Waals surface area contributed by atoms with E-state index < -0.39 is 0 Å². The van der Waals surface area contributed by atoms with Gasteiger partial charge in [-0.2, -0.15) is 0 Å². The van der Waals surface area contributed by atoms with Gasteiger partial charge < -0.3 is 5.32 Å². The van der Waals surface area contributed by atoms with E-state index in [0.29, 0.717) is 5.41 Å². The third-order valence-electron chi connectivity index (χ3n) is 2.62. The molecule has 0 aliphatic carbocycles. The van der Waals surface area contributed by atoms with Crippen LogP contribution in [0.25, 0.3) is 0 Å². The van der Waals surface area contributed by atoms with Crippen molar-refractivity contribution in [3.05, 3.63) is 35.9 Å². The lowest BCUT2D eigenvalue weighted by atomic mass is 9.85. The molecule has 0 aromatic heterocycles. The Hall–Kier alpha value is -0.820. The summed E-state index contributed by atoms with van der Waals surface area (Å²) in [6.07, 6.45) is 1.12. The normalized spacial score (nSPS) is 12.8. The van der Waals surface area contributed by atoms with Crippen LogP contribution in [0.5, 0.6) is 0 Å². The average Bonchev–Trinajstić information content (AvgIpc) is 2.15. The molecule has 0 saturated carbocycles. The van der Waals surface area contributed by atoms with Crippen molar-refractivity contribution in [2.45, 2.75) is 46.6 Å². The van der Waals surface area contributed by atoms with Gasteiger partial charge in [-0.05, 0) is 38.2 Å². The molecule has 0 bridgehead atoms. The zero-order valence-corrected chi connectivity index (χ0v) is 11.3. The predicted octanol–water partition coefficient (Wildman–Crippen LogP) is 3.64. The van der Waals surface area contributed by atoms with Gasteiger partial charge >= 0.3 is 0 Å². The Morgan fingerprint density at radius 1 is 0.938 bits per heavy atom. The van der Waals surface area contributed by atoms with E-state index in [4.69, 9.17) is 0 Å². The van der Waals surface area contributed by atoms with Gasteiger partial charge in [-0.3, -0.25) is 0 Å². The summed E-state index contributed by atoms with van der Waals surface area (Å²) in [5, 5.41) is 3.58. The number of hydrogen-bond donors (Lipinski definition) is 1. The molecule has 0 amide bonds. The molecule has 0 atom stereocenters. The Morgan fingerprint density at radius 3 is 2.00 bits per heavy atom. The van der Waals surface area contributed by atoms with Gasteiger partial charge in [0.1, 0.15) is 0 Å². The number of hydrogen-bond acceptors (Lipinski definition) is 1. The highest BCUT2D eigenvalue weighted by atomic mass is 14.9. The molecule has 90 valence electrons. The molecule has 0 fully saturated rings. The van der Waals surface area contributed by atoms with Gasteiger partial charge in [-0.15, -0.1) is 0 Å². The van der Waals surface area contributed by atoms with Crippen molar-refractivity contribution in [1.29, 1.82) is 0 Å². The number of nitrogens with one attached hydrogen (secondary N) is 1. The SMILES string of the molecule is CC(C)(CNC(C)(C)C)Cc1ccccc1. The highest BCUT2D eigenvalue weighted by Crippen LogP contribution is 2.21. The molecule has 16 heavy (non-hydrogen) atoms. The van der Waals surface area contributed by atoms with E-state index in [-0.39, 0.29) is 5.54 Å². The first kappa shape index (κ1) is 13.2. The lowest BCUT2D eigenvalue weighted by Gasteiger charge is -2.30. The van der Waals surface area contributed by atoms with Crippen molar-refractivity contribution in [3.63, 3.8) is 0 Å². The van der Waals surface area contributed by atoms with Crippen molar-refractivity contribution in [1.82, 2.24) is 5.32 Å². The summed E-state index contributed by atoms with van der Waals surface area (Å²) >= 11 is 0. The van der Waals surface area contributed by atoms with Crippen LogP contribution in [-0.2, 0) is 6.42 Å². The molecule has 0 spiro atoms. The molecule has 0 unspecified atom stereocenters. The smallest absolute Gasteiger partial charge is 0.00967 e. The molecule has 0 radical (unpaired) electrons. The van der Waals surface area contributed by atoms with Gasteiger partial charge in [0.25, 0.3) is 0 Å². The van der Waals surface area contributed by atoms with E-state index in [1.165, 1.54) is 5.56 Å². The molecule has 1 rings (SSSR count). The molecule has 1 nitrogen and oxygen atoms in total. The average molecular weight is 219 g/mol. The second kappa shape index (κ2) is 5.01. The van der Waals surface area contributed by atoms with Crippen LogP contribution in [0.1, 0.15) is 40.2 Å². The van der Waals surface area contributed by atoms with Crippen LogP contribution >= 0.6 is 0 Å². The van der Waals surface area contributed by atoms with Gasteiger partial charge in [0.05, 0.1) is 0 Å². The first-order valence-electron chi connectivity index (χ1n) is 6.07. The molecular weight excluding hydrogens is 194 g/mol. The standard InChI is InChI=1S/C15H25N/c1-14(2,3)16-12-15(4,5)11-13-9-7-6-8-10-13/h6-10,16H,11-12H2,1-5H3. The van der Waals surface area contributed by atoms with Gasteiger partial charge in [-0.1, -0.05) is 44.2 Å². The summed E-state index contributed by atoms with van der Waals surface area (Å²) in [4.78, 5) is 0. The highest BCUT2D eigenvalue weighted by Gasteiger charge is 2.21. The minimum atomic E-state index is 0.202. The minimum absolute atomic E-state index is 0.202. The van der Waals surface area contributed by atoms with Gasteiger partial charge in [0.2, 0.25) is 0 Å². The van der Waals surface area contributed by atoms with Gasteiger partial charge in [0, 0.05) is 12.1 Å². The first-order valence-corrected chi connectivity index (χ1v) is 6.07. The Bertz CT molecular complexity index is 306. The Balaban J connectivity index is 2.52. The lowest BCUT2D eigenvalue weighted by Crippen LogP contribution is -2.42. The molecule has 0 saturated heterocycles. The van der Waals surface area contributed by atoms with Crippen molar-refractivity contribution < 1.29 is 0 Å². The van der Waals surface area contributed by atoms with Crippen LogP contribution in [0.4, 0.5) is 0 Å². The molecule has 1 heteroatoms. The topological polar surface area (TPSA) is 12.0 Å². The van der Waals surface area contributed by atoms with E-state index in [2.05, 4.69) is 70.3 Å². The van der Waals surface area contributed by atoms with Crippen molar-refractivity contribution >= 4 is 0 Å². The second-order valence-electron chi connectivity index (χ2n) is 6.43. The molecule has 1 aromatic carbocycles. The lowest BCUT2D eigenvalue weighted by molar-refractivity contribution is 0.289. The zero-order valence-electron chi connectivity index (χ0n) is 11.3. The first-order chi connectivity index (χ1) is 7.29. The van der Waals surface area contributed by atoms with Crippen molar-refractivity contribution in [3.8, 4) is 0 Å². The number of rotatable bonds is 4. The van der Waals surface area contributed by atoms with Crippen LogP contribution in [-0.4, -0.2) is 12.1 Å². The highest BCUT2D eigenvalue weighted by molar-refractivity contribution is 5.16. The maximum absolute atomic E-state index is 3.58. The monoisotopic (exact) mass is 219 g/mol. The Kier molecular flexibility index (Phi) is 4.15. The Labute approximate surface area is 100 Å². The van der Waals surface area contributed by atoms with Crippen LogP contribution in [0.15, 0.2) is 30.3 Å². The van der Waals surface area contributed by atoms with Crippen LogP contribution in [0.2, 0.25) is 0 Å². The molecule has 0 heterocycles. The van der Waals surface area contributed by atoms with E-state index >= 15 is 0 Å². The minimum Gasteiger partial charge on any atom is -0.312 e. The maximum atomic E-state index is 3.58. The van der Waals surface area contributed by atoms with Gasteiger partial charge in [0.15, 0.2) is 0 Å². The fraction of sp³-hybridized carbons (Fsp3) is 0.600. The van der Waals surface area contributed by atoms with E-state index in [1.54, 1.807) is 0 Å². The summed E-state index contributed by atoms with van der Waals surface area (Å²) in [5.74, 6) is 0. The summed E-state index contributed by atoms with van der Waals surface area (Å²) in [6, 6.07) is 10.7. The van der Waals surface area contributed by atoms with Crippen LogP contribution < -0.4 is 5.32 Å². The largest absolute Gasteiger partial charge is 0.312 e. The summed E-state index contributed by atoms with van der Waals surface area (Å²) in [6.45, 7) is 12.3.